The molecule has 9 heteroatoms. The molecule has 0 saturated heterocycles. The highest BCUT2D eigenvalue weighted by atomic mass is 16.4. The van der Waals surface area contributed by atoms with Crippen LogP contribution in [0.15, 0.2) is 36.0 Å². The second-order valence-corrected chi connectivity index (χ2v) is 4.04. The van der Waals surface area contributed by atoms with Crippen LogP contribution in [0.5, 0.6) is 0 Å². The molecule has 0 unspecified atom stereocenters. The minimum atomic E-state index is -1.06. The minimum absolute atomic E-state index is 0.0593. The quantitative estimate of drug-likeness (QED) is 0.770. The van der Waals surface area contributed by atoms with Crippen LogP contribution in [-0.4, -0.2) is 31.3 Å². The number of anilines is 1. The zero-order valence-electron chi connectivity index (χ0n) is 11.1. The van der Waals surface area contributed by atoms with Gasteiger partial charge in [0.25, 0.3) is 0 Å². The lowest BCUT2D eigenvalue weighted by atomic mass is 10.2. The van der Waals surface area contributed by atoms with Crippen molar-refractivity contribution >= 4 is 11.7 Å². The molecule has 0 aliphatic rings. The summed E-state index contributed by atoms with van der Waals surface area (Å²) in [7, 11) is 0. The maximum absolute atomic E-state index is 10.6. The summed E-state index contributed by atoms with van der Waals surface area (Å²) in [6, 6.07) is 10.3. The number of nitriles is 2. The third-order valence-electron chi connectivity index (χ3n) is 2.47. The van der Waals surface area contributed by atoms with Crippen LogP contribution in [-0.2, 0) is 11.3 Å². The van der Waals surface area contributed by atoms with Crippen LogP contribution in [0.25, 0.3) is 11.4 Å². The zero-order valence-corrected chi connectivity index (χ0v) is 11.1. The Balaban J connectivity index is 2.20. The number of benzene rings is 1. The molecule has 9 nitrogen and oxygen atoms in total. The van der Waals surface area contributed by atoms with Crippen LogP contribution in [0, 0.1) is 22.7 Å². The zero-order chi connectivity index (χ0) is 15.9. The van der Waals surface area contributed by atoms with Gasteiger partial charge in [-0.25, -0.2) is 0 Å². The second kappa shape index (κ2) is 6.63. The Labute approximate surface area is 124 Å². The van der Waals surface area contributed by atoms with E-state index in [2.05, 4.69) is 20.7 Å². The van der Waals surface area contributed by atoms with Crippen LogP contribution in [0.1, 0.15) is 0 Å². The second-order valence-electron chi connectivity index (χ2n) is 4.04. The molecule has 0 radical (unpaired) electrons. The van der Waals surface area contributed by atoms with E-state index in [-0.39, 0.29) is 17.9 Å². The van der Waals surface area contributed by atoms with E-state index in [9.17, 15) is 4.79 Å². The molecule has 0 aliphatic carbocycles. The molecule has 1 aromatic heterocycles. The fourth-order valence-electron chi connectivity index (χ4n) is 1.54. The third kappa shape index (κ3) is 3.65. The van der Waals surface area contributed by atoms with Crippen LogP contribution in [0.3, 0.4) is 0 Å². The molecular weight excluding hydrogens is 286 g/mol. The number of nitrogens with zero attached hydrogens (tertiary/aromatic N) is 6. The molecule has 2 aromatic rings. The Hall–Kier alpha value is -3.72. The third-order valence-corrected chi connectivity index (χ3v) is 2.47. The molecule has 0 spiro atoms. The highest BCUT2D eigenvalue weighted by Gasteiger charge is 2.08. The molecule has 1 aromatic carbocycles. The minimum Gasteiger partial charge on any atom is -0.480 e. The maximum Gasteiger partial charge on any atom is 0.327 e. The van der Waals surface area contributed by atoms with Gasteiger partial charge in [0, 0.05) is 17.5 Å². The lowest BCUT2D eigenvalue weighted by molar-refractivity contribution is -0.138. The molecule has 0 bridgehead atoms. The number of hydrogen-bond acceptors (Lipinski definition) is 7. The van der Waals surface area contributed by atoms with E-state index in [4.69, 9.17) is 15.6 Å². The van der Waals surface area contributed by atoms with E-state index in [1.807, 2.05) is 0 Å². The van der Waals surface area contributed by atoms with Crippen molar-refractivity contribution in [2.45, 2.75) is 6.54 Å². The van der Waals surface area contributed by atoms with Gasteiger partial charge in [-0.15, -0.1) is 10.2 Å². The Kier molecular flexibility index (Phi) is 4.43. The van der Waals surface area contributed by atoms with E-state index in [1.54, 1.807) is 36.4 Å². The summed E-state index contributed by atoms with van der Waals surface area (Å²) in [5.41, 5.74) is 1.18. The van der Waals surface area contributed by atoms with Crippen LogP contribution >= 0.6 is 0 Å². The summed E-state index contributed by atoms with van der Waals surface area (Å²) >= 11 is 0. The molecule has 0 amide bonds. The Bertz CT molecular complexity index is 794. The average Bonchev–Trinajstić information content (AvgIpc) is 2.96. The molecular formula is C13H9N7O2. The fraction of sp³-hybridized carbons (Fsp3) is 0.0769. The number of aliphatic carboxylic acids is 1. The van der Waals surface area contributed by atoms with Crippen molar-refractivity contribution < 1.29 is 9.90 Å². The molecule has 1 heterocycles. The van der Waals surface area contributed by atoms with Gasteiger partial charge in [-0.2, -0.15) is 15.3 Å². The van der Waals surface area contributed by atoms with Crippen molar-refractivity contribution in [2.24, 2.45) is 0 Å². The number of hydrogen-bond donors (Lipinski definition) is 2. The van der Waals surface area contributed by atoms with Crippen LogP contribution in [0.4, 0.5) is 5.69 Å². The average molecular weight is 295 g/mol. The van der Waals surface area contributed by atoms with Crippen molar-refractivity contribution in [3.8, 4) is 23.5 Å². The molecule has 2 rings (SSSR count). The highest BCUT2D eigenvalue weighted by Crippen LogP contribution is 2.18. The topological polar surface area (TPSA) is 141 Å². The van der Waals surface area contributed by atoms with E-state index in [0.29, 0.717) is 11.3 Å². The van der Waals surface area contributed by atoms with E-state index < -0.39 is 5.97 Å². The van der Waals surface area contributed by atoms with Gasteiger partial charge in [0.2, 0.25) is 5.82 Å². The summed E-state index contributed by atoms with van der Waals surface area (Å²) < 4.78 is 0. The summed E-state index contributed by atoms with van der Waals surface area (Å²) in [6.07, 6.45) is 1.29. The summed E-state index contributed by atoms with van der Waals surface area (Å²) in [6.45, 7) is -0.374. The van der Waals surface area contributed by atoms with Crippen molar-refractivity contribution in [1.29, 1.82) is 10.5 Å². The number of carbonyl (C=O) groups is 1. The number of tetrazole rings is 1. The first-order valence-corrected chi connectivity index (χ1v) is 5.99. The SMILES string of the molecule is N#CC(C#N)=CNc1cccc(-c2nnn(CC(=O)O)n2)c1. The van der Waals surface area contributed by atoms with E-state index in [1.165, 1.54) is 6.20 Å². The molecule has 0 aliphatic heterocycles. The smallest absolute Gasteiger partial charge is 0.327 e. The van der Waals surface area contributed by atoms with Gasteiger partial charge in [-0.1, -0.05) is 12.1 Å². The predicted molar refractivity (Wildman–Crippen MR) is 73.8 cm³/mol. The molecule has 22 heavy (non-hydrogen) atoms. The van der Waals surface area contributed by atoms with Gasteiger partial charge in [-0.3, -0.25) is 4.79 Å². The van der Waals surface area contributed by atoms with Crippen molar-refractivity contribution in [2.75, 3.05) is 5.32 Å². The molecule has 0 atom stereocenters. The number of allylic oxidation sites excluding steroid dienone is 1. The molecule has 108 valence electrons. The monoisotopic (exact) mass is 295 g/mol. The van der Waals surface area contributed by atoms with E-state index in [0.717, 1.165) is 4.80 Å². The predicted octanol–water partition coefficient (Wildman–Crippen LogP) is 0.768. The number of rotatable bonds is 5. The van der Waals surface area contributed by atoms with Gasteiger partial charge in [0.15, 0.2) is 6.54 Å². The van der Waals surface area contributed by atoms with Gasteiger partial charge >= 0.3 is 5.97 Å². The number of nitrogens with one attached hydrogen (secondary N) is 1. The number of carboxylic acid groups (broad SMARTS) is 1. The van der Waals surface area contributed by atoms with Crippen molar-refractivity contribution in [3.05, 3.63) is 36.0 Å². The number of aromatic nitrogens is 4. The summed E-state index contributed by atoms with van der Waals surface area (Å²) in [5.74, 6) is -0.792. The maximum atomic E-state index is 10.6. The molecule has 0 fully saturated rings. The first kappa shape index (κ1) is 14.7. The standard InChI is InChI=1S/C13H9N7O2/c14-5-9(6-15)7-16-11-3-1-2-10(4-11)13-17-19-20(18-13)8-12(21)22/h1-4,7,16H,8H2,(H,21,22). The Morgan fingerprint density at radius 2 is 2.18 bits per heavy atom. The summed E-state index contributed by atoms with van der Waals surface area (Å²) in [4.78, 5) is 11.6. The first-order chi connectivity index (χ1) is 10.6. The molecule has 2 N–H and O–H groups in total. The Morgan fingerprint density at radius 1 is 1.41 bits per heavy atom. The number of carboxylic acids is 1. The van der Waals surface area contributed by atoms with Crippen molar-refractivity contribution in [3.63, 3.8) is 0 Å². The highest BCUT2D eigenvalue weighted by molar-refractivity contribution is 5.66. The lowest BCUT2D eigenvalue weighted by Gasteiger charge is -2.02. The normalized spacial score (nSPS) is 9.36. The molecule has 0 saturated carbocycles. The van der Waals surface area contributed by atoms with Gasteiger partial charge < -0.3 is 10.4 Å². The summed E-state index contributed by atoms with van der Waals surface area (Å²) in [5, 5.41) is 40.2. The van der Waals surface area contributed by atoms with Gasteiger partial charge in [0.05, 0.1) is 0 Å². The first-order valence-electron chi connectivity index (χ1n) is 5.99. The largest absolute Gasteiger partial charge is 0.480 e. The van der Waals surface area contributed by atoms with Gasteiger partial charge in [0.1, 0.15) is 17.7 Å². The van der Waals surface area contributed by atoms with Gasteiger partial charge in [-0.05, 0) is 17.3 Å². The van der Waals surface area contributed by atoms with Crippen LogP contribution in [0.2, 0.25) is 0 Å². The van der Waals surface area contributed by atoms with E-state index >= 15 is 0 Å². The van der Waals surface area contributed by atoms with Crippen molar-refractivity contribution in [1.82, 2.24) is 20.2 Å². The lowest BCUT2D eigenvalue weighted by Crippen LogP contribution is -2.11. The van der Waals surface area contributed by atoms with Crippen LogP contribution < -0.4 is 5.32 Å². The fourth-order valence-corrected chi connectivity index (χ4v) is 1.54. The Morgan fingerprint density at radius 3 is 2.86 bits per heavy atom.